The topological polar surface area (TPSA) is 35.5 Å². The van der Waals surface area contributed by atoms with Gasteiger partial charge < -0.3 is 9.47 Å². The van der Waals surface area contributed by atoms with Crippen LogP contribution in [0.15, 0.2) is 60.2 Å². The van der Waals surface area contributed by atoms with Crippen molar-refractivity contribution < 1.29 is 14.3 Å². The van der Waals surface area contributed by atoms with Crippen LogP contribution >= 0.6 is 11.3 Å². The molecule has 1 fully saturated rings. The first-order valence-corrected chi connectivity index (χ1v) is 10.4. The van der Waals surface area contributed by atoms with Crippen molar-refractivity contribution in [1.29, 1.82) is 0 Å². The lowest BCUT2D eigenvalue weighted by Crippen LogP contribution is -2.08. The molecule has 3 aromatic rings. The Bertz CT molecular complexity index is 1040. The van der Waals surface area contributed by atoms with Crippen molar-refractivity contribution in [1.82, 2.24) is 0 Å². The van der Waals surface area contributed by atoms with Crippen LogP contribution in [0.4, 0.5) is 0 Å². The number of ether oxygens (including phenoxy) is 2. The second kappa shape index (κ2) is 7.28. The van der Waals surface area contributed by atoms with Gasteiger partial charge >= 0.3 is 0 Å². The summed E-state index contributed by atoms with van der Waals surface area (Å²) in [6, 6.07) is 18.7. The number of fused-ring (bicyclic) bond motifs is 1. The Hall–Kier alpha value is -2.85. The third-order valence-electron chi connectivity index (χ3n) is 5.10. The predicted molar refractivity (Wildman–Crippen MR) is 112 cm³/mol. The summed E-state index contributed by atoms with van der Waals surface area (Å²) < 4.78 is 11.7. The Morgan fingerprint density at radius 2 is 1.96 bits per heavy atom. The van der Waals surface area contributed by atoms with Gasteiger partial charge in [-0.05, 0) is 54.2 Å². The van der Waals surface area contributed by atoms with Crippen LogP contribution in [-0.4, -0.2) is 12.9 Å². The van der Waals surface area contributed by atoms with Crippen LogP contribution in [0.25, 0.3) is 17.2 Å². The highest BCUT2D eigenvalue weighted by atomic mass is 32.1. The fourth-order valence-corrected chi connectivity index (χ4v) is 4.76. The van der Waals surface area contributed by atoms with Gasteiger partial charge in [0.2, 0.25) is 0 Å². The standard InChI is InChI=1S/C24H20O3S/c25-13-16-10-19-8-9-20(11-23(19)27-14-16)26-15-21-12-22(17-4-2-1-3-5-17)24(28-21)18-6-7-18/h1-5,8-13,18H,6-7,14-15H2. The first-order chi connectivity index (χ1) is 13.8. The van der Waals surface area contributed by atoms with Crippen LogP contribution in [0, 0.1) is 0 Å². The third kappa shape index (κ3) is 3.48. The zero-order valence-electron chi connectivity index (χ0n) is 15.4. The molecule has 140 valence electrons. The molecule has 1 aliphatic carbocycles. The number of hydrogen-bond donors (Lipinski definition) is 0. The average Bonchev–Trinajstić information content (AvgIpc) is 3.51. The number of thiophene rings is 1. The molecular weight excluding hydrogens is 368 g/mol. The molecule has 0 radical (unpaired) electrons. The van der Waals surface area contributed by atoms with Gasteiger partial charge in [-0.1, -0.05) is 30.3 Å². The highest BCUT2D eigenvalue weighted by Crippen LogP contribution is 2.48. The number of aldehydes is 1. The van der Waals surface area contributed by atoms with E-state index in [1.165, 1.54) is 33.7 Å². The van der Waals surface area contributed by atoms with E-state index in [0.717, 1.165) is 23.3 Å². The molecule has 5 rings (SSSR count). The van der Waals surface area contributed by atoms with Crippen molar-refractivity contribution in [2.24, 2.45) is 0 Å². The Kier molecular flexibility index (Phi) is 4.49. The summed E-state index contributed by atoms with van der Waals surface area (Å²) in [5.74, 6) is 2.26. The van der Waals surface area contributed by atoms with E-state index < -0.39 is 0 Å². The molecule has 0 bridgehead atoms. The molecule has 0 saturated heterocycles. The molecule has 3 nitrogen and oxygen atoms in total. The molecule has 2 aromatic carbocycles. The lowest BCUT2D eigenvalue weighted by atomic mass is 10.0. The Morgan fingerprint density at radius 3 is 2.75 bits per heavy atom. The quantitative estimate of drug-likeness (QED) is 0.497. The fourth-order valence-electron chi connectivity index (χ4n) is 3.49. The van der Waals surface area contributed by atoms with Crippen LogP contribution in [0.3, 0.4) is 0 Å². The molecule has 0 unspecified atom stereocenters. The first-order valence-electron chi connectivity index (χ1n) is 9.53. The maximum absolute atomic E-state index is 10.9. The smallest absolute Gasteiger partial charge is 0.149 e. The number of carbonyl (C=O) groups is 1. The zero-order valence-corrected chi connectivity index (χ0v) is 16.2. The van der Waals surface area contributed by atoms with E-state index in [9.17, 15) is 4.79 Å². The minimum atomic E-state index is 0.316. The van der Waals surface area contributed by atoms with Crippen LogP contribution in [0.5, 0.6) is 11.5 Å². The van der Waals surface area contributed by atoms with Gasteiger partial charge in [-0.25, -0.2) is 0 Å². The number of hydrogen-bond acceptors (Lipinski definition) is 4. The van der Waals surface area contributed by atoms with E-state index in [2.05, 4.69) is 36.4 Å². The molecule has 0 spiro atoms. The van der Waals surface area contributed by atoms with E-state index in [0.29, 0.717) is 24.7 Å². The fraction of sp³-hybridized carbons (Fsp3) is 0.208. The average molecular weight is 388 g/mol. The monoisotopic (exact) mass is 388 g/mol. The van der Waals surface area contributed by atoms with E-state index in [1.807, 2.05) is 35.6 Å². The summed E-state index contributed by atoms with van der Waals surface area (Å²) in [7, 11) is 0. The maximum Gasteiger partial charge on any atom is 0.149 e. The predicted octanol–water partition coefficient (Wildman–Crippen LogP) is 5.85. The largest absolute Gasteiger partial charge is 0.488 e. The highest BCUT2D eigenvalue weighted by Gasteiger charge is 2.28. The molecule has 1 aliphatic heterocycles. The molecule has 0 N–H and O–H groups in total. The van der Waals surface area contributed by atoms with Crippen molar-refractivity contribution in [2.45, 2.75) is 25.4 Å². The molecule has 4 heteroatoms. The second-order valence-corrected chi connectivity index (χ2v) is 8.41. The summed E-state index contributed by atoms with van der Waals surface area (Å²) in [6.07, 6.45) is 5.28. The van der Waals surface area contributed by atoms with Crippen molar-refractivity contribution in [3.8, 4) is 22.6 Å². The normalized spacial score (nSPS) is 15.4. The van der Waals surface area contributed by atoms with Gasteiger partial charge in [-0.2, -0.15) is 0 Å². The molecule has 0 atom stereocenters. The molecule has 1 saturated carbocycles. The van der Waals surface area contributed by atoms with Crippen LogP contribution in [-0.2, 0) is 11.4 Å². The van der Waals surface area contributed by atoms with Gasteiger partial charge in [-0.3, -0.25) is 4.79 Å². The minimum absolute atomic E-state index is 0.316. The Balaban J connectivity index is 1.35. The minimum Gasteiger partial charge on any atom is -0.488 e. The van der Waals surface area contributed by atoms with Gasteiger partial charge in [0.15, 0.2) is 0 Å². The van der Waals surface area contributed by atoms with Gasteiger partial charge in [0.25, 0.3) is 0 Å². The summed E-state index contributed by atoms with van der Waals surface area (Å²) >= 11 is 1.87. The van der Waals surface area contributed by atoms with Gasteiger partial charge in [0.1, 0.15) is 31.0 Å². The summed E-state index contributed by atoms with van der Waals surface area (Å²) in [5.41, 5.74) is 4.21. The van der Waals surface area contributed by atoms with Gasteiger partial charge in [0, 0.05) is 27.0 Å². The summed E-state index contributed by atoms with van der Waals surface area (Å²) in [6.45, 7) is 0.863. The molecule has 2 aliphatic rings. The SMILES string of the molecule is O=CC1=Cc2ccc(OCc3cc(-c4ccccc4)c(C4CC4)s3)cc2OC1. The second-order valence-electron chi connectivity index (χ2n) is 7.25. The lowest BCUT2D eigenvalue weighted by Gasteiger charge is -2.16. The molecule has 0 amide bonds. The van der Waals surface area contributed by atoms with Gasteiger partial charge in [-0.15, -0.1) is 11.3 Å². The number of carbonyl (C=O) groups excluding carboxylic acids is 1. The summed E-state index contributed by atoms with van der Waals surface area (Å²) in [5, 5.41) is 0. The van der Waals surface area contributed by atoms with E-state index in [1.54, 1.807) is 0 Å². The zero-order chi connectivity index (χ0) is 18.9. The third-order valence-corrected chi connectivity index (χ3v) is 6.37. The van der Waals surface area contributed by atoms with Crippen LogP contribution in [0.2, 0.25) is 0 Å². The summed E-state index contributed by atoms with van der Waals surface area (Å²) in [4.78, 5) is 13.6. The molecule has 28 heavy (non-hydrogen) atoms. The first kappa shape index (κ1) is 17.3. The molecule has 2 heterocycles. The maximum atomic E-state index is 10.9. The van der Waals surface area contributed by atoms with Crippen molar-refractivity contribution in [3.63, 3.8) is 0 Å². The Morgan fingerprint density at radius 1 is 1.11 bits per heavy atom. The van der Waals surface area contributed by atoms with Crippen LogP contribution in [0.1, 0.15) is 34.1 Å². The number of rotatable bonds is 6. The molecular formula is C24H20O3S. The van der Waals surface area contributed by atoms with E-state index in [-0.39, 0.29) is 0 Å². The van der Waals surface area contributed by atoms with Crippen molar-refractivity contribution in [2.75, 3.05) is 6.61 Å². The lowest BCUT2D eigenvalue weighted by molar-refractivity contribution is -0.105. The van der Waals surface area contributed by atoms with Crippen LogP contribution < -0.4 is 9.47 Å². The highest BCUT2D eigenvalue weighted by molar-refractivity contribution is 7.12. The van der Waals surface area contributed by atoms with Gasteiger partial charge in [0.05, 0.1) is 0 Å². The van der Waals surface area contributed by atoms with E-state index >= 15 is 0 Å². The van der Waals surface area contributed by atoms with Crippen molar-refractivity contribution >= 4 is 23.7 Å². The van der Waals surface area contributed by atoms with E-state index in [4.69, 9.17) is 9.47 Å². The number of benzene rings is 2. The Labute approximate surface area is 168 Å². The van der Waals surface area contributed by atoms with Crippen molar-refractivity contribution in [3.05, 3.63) is 75.5 Å². The molecule has 1 aromatic heterocycles.